The summed E-state index contributed by atoms with van der Waals surface area (Å²) in [5.74, 6) is 0.719. The second kappa shape index (κ2) is 6.86. The topological polar surface area (TPSA) is 44.1 Å². The maximum absolute atomic E-state index is 13.1. The lowest BCUT2D eigenvalue weighted by atomic mass is 9.90. The lowest BCUT2D eigenvalue weighted by Gasteiger charge is -2.32. The van der Waals surface area contributed by atoms with Gasteiger partial charge in [-0.1, -0.05) is 30.8 Å². The van der Waals surface area contributed by atoms with Gasteiger partial charge in [-0.15, -0.1) is 24.5 Å². The minimum Gasteiger partial charge on any atom is -0.369 e. The van der Waals surface area contributed by atoms with E-state index >= 15 is 0 Å². The molecule has 1 aliphatic rings. The molecule has 2 aromatic rings. The van der Waals surface area contributed by atoms with E-state index in [0.717, 1.165) is 44.4 Å². The average molecular weight is 363 g/mol. The molecule has 0 aliphatic carbocycles. The third-order valence-corrected chi connectivity index (χ3v) is 6.52. The first-order valence-corrected chi connectivity index (χ1v) is 9.87. The van der Waals surface area contributed by atoms with E-state index in [9.17, 15) is 4.79 Å². The first-order valence-electron chi connectivity index (χ1n) is 8.06. The fraction of sp³-hybridized carbons (Fsp3) is 0.444. The van der Waals surface area contributed by atoms with Crippen molar-refractivity contribution >= 4 is 33.3 Å². The van der Waals surface area contributed by atoms with Gasteiger partial charge >= 0.3 is 0 Å². The molecule has 0 unspecified atom stereocenters. The molecule has 3 rings (SSSR count). The number of thioether (sulfide) groups is 1. The fourth-order valence-electron chi connectivity index (χ4n) is 2.90. The number of hydrogen-bond donors (Lipinski definition) is 0. The van der Waals surface area contributed by atoms with E-state index < -0.39 is 0 Å². The lowest BCUT2D eigenvalue weighted by molar-refractivity contribution is -0.0543. The Morgan fingerprint density at radius 1 is 1.46 bits per heavy atom. The number of thiophene rings is 1. The molecule has 128 valence electrons. The van der Waals surface area contributed by atoms with Gasteiger partial charge in [-0.3, -0.25) is 9.36 Å². The Labute approximate surface area is 150 Å². The van der Waals surface area contributed by atoms with Crippen molar-refractivity contribution in [2.75, 3.05) is 5.75 Å². The van der Waals surface area contributed by atoms with E-state index in [2.05, 4.69) is 27.0 Å². The number of rotatable bonds is 6. The van der Waals surface area contributed by atoms with Crippen LogP contribution in [0.2, 0.25) is 0 Å². The number of fused-ring (bicyclic) bond motifs is 3. The monoisotopic (exact) mass is 362 g/mol. The predicted molar refractivity (Wildman–Crippen MR) is 102 cm³/mol. The summed E-state index contributed by atoms with van der Waals surface area (Å²) in [6.07, 6.45) is 5.25. The zero-order valence-corrected chi connectivity index (χ0v) is 15.8. The molecule has 6 heteroatoms. The van der Waals surface area contributed by atoms with Crippen molar-refractivity contribution in [2.24, 2.45) is 0 Å². The highest BCUT2D eigenvalue weighted by Gasteiger charge is 2.33. The summed E-state index contributed by atoms with van der Waals surface area (Å²) in [5.41, 5.74) is 0.956. The van der Waals surface area contributed by atoms with Crippen LogP contribution in [0.15, 0.2) is 35.3 Å². The van der Waals surface area contributed by atoms with Gasteiger partial charge < -0.3 is 4.74 Å². The molecule has 0 radical (unpaired) electrons. The van der Waals surface area contributed by atoms with Crippen LogP contribution < -0.4 is 5.56 Å². The number of hydrogen-bond acceptors (Lipinski definition) is 5. The van der Waals surface area contributed by atoms with Gasteiger partial charge in [0.05, 0.1) is 17.6 Å². The third-order valence-electron chi connectivity index (χ3n) is 4.45. The van der Waals surface area contributed by atoms with Crippen molar-refractivity contribution in [1.82, 2.24) is 9.55 Å². The smallest absolute Gasteiger partial charge is 0.263 e. The first kappa shape index (κ1) is 17.5. The lowest BCUT2D eigenvalue weighted by Crippen LogP contribution is -2.34. The molecular weight excluding hydrogens is 340 g/mol. The Balaban J connectivity index is 2.20. The van der Waals surface area contributed by atoms with Gasteiger partial charge in [-0.2, -0.15) is 0 Å². The molecule has 1 aliphatic heterocycles. The molecular formula is C18H22N2O2S2. The molecule has 4 nitrogen and oxygen atoms in total. The standard InChI is InChI=1S/C18H22N2O2S2/c1-5-8-20-16(21)14-12-10-18(4,7-3)22-11-13(12)24-15(14)19-17(20)23-9-6-2/h5-6H,1-2,7-11H2,3-4H3/t18-/m0/s1. The number of ether oxygens (including phenoxy) is 1. The molecule has 0 bridgehead atoms. The highest BCUT2D eigenvalue weighted by Crippen LogP contribution is 2.38. The van der Waals surface area contributed by atoms with Gasteiger partial charge in [0.25, 0.3) is 5.56 Å². The Bertz CT molecular complexity index is 853. The zero-order chi connectivity index (χ0) is 17.3. The quantitative estimate of drug-likeness (QED) is 0.440. The molecule has 0 saturated heterocycles. The summed E-state index contributed by atoms with van der Waals surface area (Å²) in [6, 6.07) is 0. The minimum absolute atomic E-state index is 0.0318. The van der Waals surface area contributed by atoms with Crippen LogP contribution in [0.5, 0.6) is 0 Å². The second-order valence-corrected chi connectivity index (χ2v) is 8.22. The normalized spacial score (nSPS) is 20.1. The van der Waals surface area contributed by atoms with Crippen molar-refractivity contribution in [3.8, 4) is 0 Å². The molecule has 0 N–H and O–H groups in total. The first-order chi connectivity index (χ1) is 11.5. The zero-order valence-electron chi connectivity index (χ0n) is 14.1. The van der Waals surface area contributed by atoms with E-state index in [4.69, 9.17) is 9.72 Å². The Kier molecular flexibility index (Phi) is 4.99. The summed E-state index contributed by atoms with van der Waals surface area (Å²) in [4.78, 5) is 19.9. The molecule has 3 heterocycles. The number of aromatic nitrogens is 2. The van der Waals surface area contributed by atoms with E-state index in [1.807, 2.05) is 6.08 Å². The minimum atomic E-state index is -0.201. The van der Waals surface area contributed by atoms with E-state index in [1.165, 1.54) is 11.8 Å². The van der Waals surface area contributed by atoms with Crippen LogP contribution in [0.3, 0.4) is 0 Å². The molecule has 0 amide bonds. The maximum atomic E-state index is 13.1. The maximum Gasteiger partial charge on any atom is 0.263 e. The van der Waals surface area contributed by atoms with Crippen LogP contribution in [0.1, 0.15) is 30.7 Å². The largest absolute Gasteiger partial charge is 0.369 e. The molecule has 0 aromatic carbocycles. The van der Waals surface area contributed by atoms with Gasteiger partial charge in [0.15, 0.2) is 5.16 Å². The van der Waals surface area contributed by atoms with Crippen LogP contribution in [0, 0.1) is 0 Å². The SMILES string of the molecule is C=CCSc1nc2sc3c(c2c(=O)n1CC=C)C[C@](C)(CC)OC3. The fourth-order valence-corrected chi connectivity index (χ4v) is 4.78. The van der Waals surface area contributed by atoms with Gasteiger partial charge in [0.2, 0.25) is 0 Å². The summed E-state index contributed by atoms with van der Waals surface area (Å²) >= 11 is 3.11. The van der Waals surface area contributed by atoms with Gasteiger partial charge in [0.1, 0.15) is 4.83 Å². The summed E-state index contributed by atoms with van der Waals surface area (Å²) < 4.78 is 7.74. The highest BCUT2D eigenvalue weighted by molar-refractivity contribution is 7.99. The molecule has 0 saturated carbocycles. The van der Waals surface area contributed by atoms with Gasteiger partial charge in [0, 0.05) is 23.6 Å². The molecule has 24 heavy (non-hydrogen) atoms. The summed E-state index contributed by atoms with van der Waals surface area (Å²) in [6.45, 7) is 12.8. The molecule has 0 fully saturated rings. The van der Waals surface area contributed by atoms with Crippen molar-refractivity contribution < 1.29 is 4.74 Å². The van der Waals surface area contributed by atoms with Crippen LogP contribution in [0.4, 0.5) is 0 Å². The number of nitrogens with zero attached hydrogens (tertiary/aromatic N) is 2. The molecule has 1 atom stereocenters. The van der Waals surface area contributed by atoms with Crippen LogP contribution in [-0.4, -0.2) is 20.9 Å². The van der Waals surface area contributed by atoms with Crippen LogP contribution >= 0.6 is 23.1 Å². The Morgan fingerprint density at radius 2 is 2.25 bits per heavy atom. The van der Waals surface area contributed by atoms with Crippen molar-refractivity contribution in [1.29, 1.82) is 0 Å². The summed E-state index contributed by atoms with van der Waals surface area (Å²) in [7, 11) is 0. The third kappa shape index (κ3) is 2.98. The highest BCUT2D eigenvalue weighted by atomic mass is 32.2. The number of allylic oxidation sites excluding steroid dienone is 1. The van der Waals surface area contributed by atoms with E-state index in [1.54, 1.807) is 22.0 Å². The average Bonchev–Trinajstić information content (AvgIpc) is 2.93. The predicted octanol–water partition coefficient (Wildman–Crippen LogP) is 4.16. The van der Waals surface area contributed by atoms with E-state index in [0.29, 0.717) is 13.2 Å². The van der Waals surface area contributed by atoms with Crippen molar-refractivity contribution in [3.05, 3.63) is 46.1 Å². The van der Waals surface area contributed by atoms with Gasteiger partial charge in [-0.05, 0) is 18.9 Å². The Hall–Kier alpha value is -1.37. The molecule has 0 spiro atoms. The molecule has 2 aromatic heterocycles. The van der Waals surface area contributed by atoms with Crippen molar-refractivity contribution in [2.45, 2.75) is 50.6 Å². The van der Waals surface area contributed by atoms with Crippen LogP contribution in [0.25, 0.3) is 10.2 Å². The Morgan fingerprint density at radius 3 is 2.92 bits per heavy atom. The van der Waals surface area contributed by atoms with Gasteiger partial charge in [-0.25, -0.2) is 4.98 Å². The second-order valence-electron chi connectivity index (χ2n) is 6.15. The van der Waals surface area contributed by atoms with E-state index in [-0.39, 0.29) is 11.2 Å². The van der Waals surface area contributed by atoms with Crippen molar-refractivity contribution in [3.63, 3.8) is 0 Å². The van der Waals surface area contributed by atoms with Crippen LogP contribution in [-0.2, 0) is 24.3 Å². The summed E-state index contributed by atoms with van der Waals surface area (Å²) in [5, 5.41) is 1.49.